The lowest BCUT2D eigenvalue weighted by molar-refractivity contribution is -0.136. The van der Waals surface area contributed by atoms with Crippen LogP contribution in [0.4, 0.5) is 14.9 Å². The summed E-state index contributed by atoms with van der Waals surface area (Å²) in [5.74, 6) is -0.681. The Morgan fingerprint density at radius 3 is 2.54 bits per heavy atom. The summed E-state index contributed by atoms with van der Waals surface area (Å²) in [5.41, 5.74) is 0.0967. The highest BCUT2D eigenvalue weighted by Gasteiger charge is 2.44. The molecule has 2 aliphatic heterocycles. The summed E-state index contributed by atoms with van der Waals surface area (Å²) < 4.78 is 13.0. The molecule has 2 heterocycles. The number of rotatable bonds is 4. The van der Waals surface area contributed by atoms with Gasteiger partial charge in [0.2, 0.25) is 5.91 Å². The number of nitrogens with zero attached hydrogens (tertiary/aromatic N) is 2. The zero-order valence-corrected chi connectivity index (χ0v) is 15.1. The average molecular weight is 383 g/mol. The molecule has 140 valence electrons. The summed E-state index contributed by atoms with van der Waals surface area (Å²) in [5, 5.41) is 5.05. The first-order chi connectivity index (χ1) is 12.3. The van der Waals surface area contributed by atoms with Gasteiger partial charge in [0.05, 0.1) is 6.42 Å². The third-order valence-electron chi connectivity index (χ3n) is 4.79. The van der Waals surface area contributed by atoms with Crippen LogP contribution in [0.1, 0.15) is 18.9 Å². The van der Waals surface area contributed by atoms with Crippen LogP contribution in [0.15, 0.2) is 18.2 Å². The van der Waals surface area contributed by atoms with Crippen molar-refractivity contribution in [2.24, 2.45) is 0 Å². The van der Waals surface area contributed by atoms with Gasteiger partial charge in [-0.1, -0.05) is 11.6 Å². The lowest BCUT2D eigenvalue weighted by Crippen LogP contribution is -2.53. The summed E-state index contributed by atoms with van der Waals surface area (Å²) in [7, 11) is 0. The Labute approximate surface area is 155 Å². The number of anilines is 1. The molecule has 0 unspecified atom stereocenters. The van der Waals surface area contributed by atoms with Crippen molar-refractivity contribution in [2.75, 3.05) is 31.1 Å². The molecule has 7 nitrogen and oxygen atoms in total. The minimum atomic E-state index is -1.21. The molecule has 2 N–H and O–H groups in total. The third kappa shape index (κ3) is 3.60. The van der Waals surface area contributed by atoms with Crippen LogP contribution in [0.5, 0.6) is 0 Å². The largest absolute Gasteiger partial charge is 0.368 e. The van der Waals surface area contributed by atoms with Crippen LogP contribution < -0.4 is 15.5 Å². The van der Waals surface area contributed by atoms with E-state index in [1.807, 2.05) is 6.07 Å². The molecule has 4 amide bonds. The van der Waals surface area contributed by atoms with Crippen molar-refractivity contribution in [3.8, 4) is 0 Å². The Balaban J connectivity index is 1.59. The summed E-state index contributed by atoms with van der Waals surface area (Å²) in [6.45, 7) is 3.06. The van der Waals surface area contributed by atoms with Gasteiger partial charge < -0.3 is 15.1 Å². The average Bonchev–Trinajstić information content (AvgIpc) is 2.87. The minimum absolute atomic E-state index is 0.0858. The number of benzene rings is 1. The van der Waals surface area contributed by atoms with E-state index in [0.717, 1.165) is 5.69 Å². The first-order valence-corrected chi connectivity index (χ1v) is 8.71. The number of alkyl halides is 1. The fourth-order valence-corrected chi connectivity index (χ4v) is 3.36. The highest BCUT2D eigenvalue weighted by molar-refractivity contribution is 6.31. The highest BCUT2D eigenvalue weighted by atomic mass is 35.5. The molecule has 3 rings (SSSR count). The van der Waals surface area contributed by atoms with E-state index in [2.05, 4.69) is 15.5 Å². The van der Waals surface area contributed by atoms with E-state index in [1.54, 1.807) is 17.0 Å². The molecular formula is C17H20ClFN4O3. The third-order valence-corrected chi connectivity index (χ3v) is 5.16. The topological polar surface area (TPSA) is 81.8 Å². The summed E-state index contributed by atoms with van der Waals surface area (Å²) in [6, 6.07) is 4.64. The van der Waals surface area contributed by atoms with Gasteiger partial charge in [-0.2, -0.15) is 0 Å². The van der Waals surface area contributed by atoms with Crippen LogP contribution in [0.3, 0.4) is 0 Å². The lowest BCUT2D eigenvalue weighted by atomic mass is 9.97. The van der Waals surface area contributed by atoms with E-state index >= 15 is 0 Å². The Morgan fingerprint density at radius 1 is 1.27 bits per heavy atom. The second-order valence-electron chi connectivity index (χ2n) is 6.69. The van der Waals surface area contributed by atoms with Gasteiger partial charge in [-0.15, -0.1) is 0 Å². The SMILES string of the molecule is C[C@]1(CC(=O)N2CCN(c3ccc(Cl)c(CF)c3)CC2)NC(=O)NC1=O. The molecule has 26 heavy (non-hydrogen) atoms. The molecule has 2 fully saturated rings. The van der Waals surface area contributed by atoms with Gasteiger partial charge in [0.1, 0.15) is 12.2 Å². The van der Waals surface area contributed by atoms with E-state index in [1.165, 1.54) is 6.92 Å². The Bertz CT molecular complexity index is 752. The van der Waals surface area contributed by atoms with Gasteiger partial charge in [-0.3, -0.25) is 14.9 Å². The van der Waals surface area contributed by atoms with Gasteiger partial charge in [-0.25, -0.2) is 9.18 Å². The smallest absolute Gasteiger partial charge is 0.322 e. The molecule has 0 saturated carbocycles. The molecule has 2 saturated heterocycles. The number of urea groups is 1. The molecule has 1 atom stereocenters. The van der Waals surface area contributed by atoms with Gasteiger partial charge in [0.25, 0.3) is 5.91 Å². The van der Waals surface area contributed by atoms with Gasteiger partial charge in [0.15, 0.2) is 0 Å². The lowest BCUT2D eigenvalue weighted by Gasteiger charge is -2.37. The van der Waals surface area contributed by atoms with Crippen LogP contribution in [0, 0.1) is 0 Å². The quantitative estimate of drug-likeness (QED) is 0.772. The van der Waals surface area contributed by atoms with Crippen molar-refractivity contribution in [3.63, 3.8) is 0 Å². The summed E-state index contributed by atoms with van der Waals surface area (Å²) in [6.07, 6.45) is -0.0858. The fraction of sp³-hybridized carbons (Fsp3) is 0.471. The summed E-state index contributed by atoms with van der Waals surface area (Å²) in [4.78, 5) is 39.4. The molecule has 9 heteroatoms. The van der Waals surface area contributed by atoms with Crippen LogP contribution in [-0.4, -0.2) is 54.5 Å². The van der Waals surface area contributed by atoms with Crippen LogP contribution >= 0.6 is 11.6 Å². The number of carbonyl (C=O) groups is 3. The number of piperazine rings is 1. The van der Waals surface area contributed by atoms with E-state index in [9.17, 15) is 18.8 Å². The number of hydrogen-bond acceptors (Lipinski definition) is 4. The van der Waals surface area contributed by atoms with Crippen molar-refractivity contribution in [2.45, 2.75) is 25.6 Å². The molecule has 1 aromatic rings. The van der Waals surface area contributed by atoms with Gasteiger partial charge in [0, 0.05) is 42.5 Å². The zero-order chi connectivity index (χ0) is 18.9. The monoisotopic (exact) mass is 382 g/mol. The standard InChI is InChI=1S/C17H20ClFN4O3/c1-17(15(25)20-16(26)21-17)9-14(24)23-6-4-22(5-7-23)12-2-3-13(18)11(8-12)10-19/h2-3,8H,4-7,9-10H2,1H3,(H2,20,21,25,26)/t17-/m1/s1. The fourth-order valence-electron chi connectivity index (χ4n) is 3.19. The second kappa shape index (κ2) is 7.11. The Kier molecular flexibility index (Phi) is 5.04. The Morgan fingerprint density at radius 2 is 1.96 bits per heavy atom. The van der Waals surface area contributed by atoms with E-state index in [-0.39, 0.29) is 12.3 Å². The maximum absolute atomic E-state index is 13.0. The number of carbonyl (C=O) groups excluding carboxylic acids is 3. The van der Waals surface area contributed by atoms with Crippen LogP contribution in [-0.2, 0) is 16.3 Å². The highest BCUT2D eigenvalue weighted by Crippen LogP contribution is 2.25. The molecule has 0 aliphatic carbocycles. The van der Waals surface area contributed by atoms with Gasteiger partial charge in [-0.05, 0) is 25.1 Å². The number of nitrogens with one attached hydrogen (secondary N) is 2. The number of halogens is 2. The zero-order valence-electron chi connectivity index (χ0n) is 14.3. The van der Waals surface area contributed by atoms with E-state index < -0.39 is 24.2 Å². The maximum atomic E-state index is 13.0. The predicted molar refractivity (Wildman–Crippen MR) is 94.8 cm³/mol. The molecule has 0 bridgehead atoms. The van der Waals surface area contributed by atoms with Crippen molar-refractivity contribution < 1.29 is 18.8 Å². The van der Waals surface area contributed by atoms with Crippen molar-refractivity contribution in [1.29, 1.82) is 0 Å². The predicted octanol–water partition coefficient (Wildman–Crippen LogP) is 1.45. The molecule has 2 aliphatic rings. The van der Waals surface area contributed by atoms with Gasteiger partial charge >= 0.3 is 6.03 Å². The second-order valence-corrected chi connectivity index (χ2v) is 7.10. The van der Waals surface area contributed by atoms with Crippen molar-refractivity contribution in [3.05, 3.63) is 28.8 Å². The first kappa shape index (κ1) is 18.4. The van der Waals surface area contributed by atoms with Crippen molar-refractivity contribution in [1.82, 2.24) is 15.5 Å². The molecule has 0 spiro atoms. The van der Waals surface area contributed by atoms with Crippen LogP contribution in [0.2, 0.25) is 5.02 Å². The molecule has 0 radical (unpaired) electrons. The van der Waals surface area contributed by atoms with Crippen molar-refractivity contribution >= 4 is 35.1 Å². The maximum Gasteiger partial charge on any atom is 0.322 e. The number of imide groups is 1. The first-order valence-electron chi connectivity index (χ1n) is 8.33. The normalized spacial score (nSPS) is 23.0. The number of amides is 4. The van der Waals surface area contributed by atoms with Crippen LogP contribution in [0.25, 0.3) is 0 Å². The molecule has 1 aromatic carbocycles. The van der Waals surface area contributed by atoms with E-state index in [0.29, 0.717) is 36.8 Å². The molecular weight excluding hydrogens is 363 g/mol. The summed E-state index contributed by atoms with van der Waals surface area (Å²) >= 11 is 5.94. The minimum Gasteiger partial charge on any atom is -0.368 e. The Hall–Kier alpha value is -2.35. The number of hydrogen-bond donors (Lipinski definition) is 2. The molecule has 0 aromatic heterocycles. The van der Waals surface area contributed by atoms with E-state index in [4.69, 9.17) is 11.6 Å².